The summed E-state index contributed by atoms with van der Waals surface area (Å²) in [5, 5.41) is 9.05. The molecule has 2 heterocycles. The summed E-state index contributed by atoms with van der Waals surface area (Å²) >= 11 is 0. The molecular formula is C14H17N3O4S. The average Bonchev–Trinajstić information content (AvgIpc) is 3.07. The van der Waals surface area contributed by atoms with Gasteiger partial charge in [0.1, 0.15) is 0 Å². The Kier molecular flexibility index (Phi) is 3.54. The zero-order chi connectivity index (χ0) is 16.0. The van der Waals surface area contributed by atoms with Crippen molar-refractivity contribution in [3.63, 3.8) is 0 Å². The van der Waals surface area contributed by atoms with Crippen molar-refractivity contribution in [1.29, 1.82) is 0 Å². The van der Waals surface area contributed by atoms with Gasteiger partial charge in [0.05, 0.1) is 16.4 Å². The summed E-state index contributed by atoms with van der Waals surface area (Å²) in [6.45, 7) is 4.68. The third-order valence-electron chi connectivity index (χ3n) is 4.24. The van der Waals surface area contributed by atoms with Crippen molar-refractivity contribution in [2.75, 3.05) is 6.61 Å². The molecule has 8 heteroatoms. The Morgan fingerprint density at radius 2 is 2.00 bits per heavy atom. The van der Waals surface area contributed by atoms with Gasteiger partial charge in [0.2, 0.25) is 21.7 Å². The number of primary sulfonamides is 1. The van der Waals surface area contributed by atoms with Crippen molar-refractivity contribution >= 4 is 10.0 Å². The second-order valence-electron chi connectivity index (χ2n) is 5.67. The maximum absolute atomic E-state index is 11.3. The zero-order valence-electron chi connectivity index (χ0n) is 12.3. The van der Waals surface area contributed by atoms with E-state index in [2.05, 4.69) is 10.1 Å². The minimum Gasteiger partial charge on any atom is -0.377 e. The minimum absolute atomic E-state index is 0.00515. The number of nitrogens with two attached hydrogens (primary N) is 1. The first kappa shape index (κ1) is 15.1. The summed E-state index contributed by atoms with van der Waals surface area (Å²) in [6, 6.07) is 6.05. The Morgan fingerprint density at radius 3 is 2.55 bits per heavy atom. The molecule has 2 N–H and O–H groups in total. The fourth-order valence-electron chi connectivity index (χ4n) is 2.48. The van der Waals surface area contributed by atoms with Crippen LogP contribution < -0.4 is 5.14 Å². The van der Waals surface area contributed by atoms with Crippen LogP contribution in [0.25, 0.3) is 11.4 Å². The molecule has 1 aliphatic heterocycles. The highest BCUT2D eigenvalue weighted by molar-refractivity contribution is 7.89. The molecule has 2 unspecified atom stereocenters. The van der Waals surface area contributed by atoms with Crippen molar-refractivity contribution in [1.82, 2.24) is 10.1 Å². The van der Waals surface area contributed by atoms with E-state index in [4.69, 9.17) is 14.4 Å². The van der Waals surface area contributed by atoms with Crippen LogP contribution in [0.5, 0.6) is 0 Å². The van der Waals surface area contributed by atoms with E-state index in [0.717, 1.165) is 6.42 Å². The second-order valence-corrected chi connectivity index (χ2v) is 7.23. The van der Waals surface area contributed by atoms with E-state index in [1.807, 2.05) is 13.8 Å². The van der Waals surface area contributed by atoms with E-state index in [0.29, 0.717) is 23.9 Å². The largest absolute Gasteiger partial charge is 0.377 e. The van der Waals surface area contributed by atoms with Crippen LogP contribution in [0.3, 0.4) is 0 Å². The van der Waals surface area contributed by atoms with Gasteiger partial charge in [-0.15, -0.1) is 0 Å². The van der Waals surface area contributed by atoms with Crippen LogP contribution in [0.15, 0.2) is 33.7 Å². The summed E-state index contributed by atoms with van der Waals surface area (Å²) in [7, 11) is -3.71. The molecule has 0 saturated carbocycles. The molecule has 0 spiro atoms. The van der Waals surface area contributed by atoms with Crippen LogP contribution in [-0.4, -0.2) is 31.3 Å². The fraction of sp³-hybridized carbons (Fsp3) is 0.429. The molecule has 0 amide bonds. The highest BCUT2D eigenvalue weighted by Crippen LogP contribution is 2.37. The Bertz CT molecular complexity index is 785. The molecule has 1 aromatic heterocycles. The van der Waals surface area contributed by atoms with Gasteiger partial charge in [-0.1, -0.05) is 5.16 Å². The third kappa shape index (κ3) is 2.53. The van der Waals surface area contributed by atoms with Gasteiger partial charge in [-0.3, -0.25) is 0 Å². The molecule has 1 saturated heterocycles. The minimum atomic E-state index is -3.71. The highest BCUT2D eigenvalue weighted by Gasteiger charge is 2.43. The number of hydrogen-bond acceptors (Lipinski definition) is 6. The molecule has 3 rings (SSSR count). The smallest absolute Gasteiger partial charge is 0.238 e. The van der Waals surface area contributed by atoms with Crippen LogP contribution in [0, 0.1) is 0 Å². The molecule has 0 radical (unpaired) electrons. The first-order valence-corrected chi connectivity index (χ1v) is 8.44. The lowest BCUT2D eigenvalue weighted by Gasteiger charge is -2.22. The zero-order valence-corrected chi connectivity index (χ0v) is 13.1. The molecule has 22 heavy (non-hydrogen) atoms. The predicted octanol–water partition coefficient (Wildman–Crippen LogP) is 1.45. The lowest BCUT2D eigenvalue weighted by Crippen LogP contribution is -2.30. The average molecular weight is 323 g/mol. The van der Waals surface area contributed by atoms with Crippen LogP contribution in [0.4, 0.5) is 0 Å². The third-order valence-corrected chi connectivity index (χ3v) is 5.17. The lowest BCUT2D eigenvalue weighted by atomic mass is 9.84. The SMILES string of the molecule is CC1OCCC1(C)c1nc(-c2ccc(S(N)(=O)=O)cc2)no1. The predicted molar refractivity (Wildman–Crippen MR) is 78.5 cm³/mol. The number of nitrogens with zero attached hydrogens (tertiary/aromatic N) is 2. The van der Waals surface area contributed by atoms with Crippen molar-refractivity contribution in [2.24, 2.45) is 5.14 Å². The van der Waals surface area contributed by atoms with E-state index in [1.165, 1.54) is 12.1 Å². The van der Waals surface area contributed by atoms with E-state index in [9.17, 15) is 8.42 Å². The normalized spacial score (nSPS) is 25.5. The lowest BCUT2D eigenvalue weighted by molar-refractivity contribution is 0.0880. The second kappa shape index (κ2) is 5.15. The molecule has 2 atom stereocenters. The van der Waals surface area contributed by atoms with Crippen LogP contribution in [0.1, 0.15) is 26.2 Å². The number of hydrogen-bond donors (Lipinski definition) is 1. The van der Waals surface area contributed by atoms with Gasteiger partial charge in [-0.05, 0) is 44.5 Å². The van der Waals surface area contributed by atoms with Gasteiger partial charge in [-0.2, -0.15) is 4.98 Å². The molecule has 7 nitrogen and oxygen atoms in total. The molecule has 0 aliphatic carbocycles. The Hall–Kier alpha value is -1.77. The number of sulfonamides is 1. The van der Waals surface area contributed by atoms with E-state index < -0.39 is 10.0 Å². The van der Waals surface area contributed by atoms with Gasteiger partial charge in [0.25, 0.3) is 0 Å². The van der Waals surface area contributed by atoms with Gasteiger partial charge >= 0.3 is 0 Å². The standard InChI is InChI=1S/C14H17N3O4S/c1-9-14(2,7-8-20-9)13-16-12(17-21-13)10-3-5-11(6-4-10)22(15,18)19/h3-6,9H,7-8H2,1-2H3,(H2,15,18,19). The van der Waals surface area contributed by atoms with Gasteiger partial charge in [0, 0.05) is 12.2 Å². The molecule has 1 fully saturated rings. The van der Waals surface area contributed by atoms with Gasteiger partial charge < -0.3 is 9.26 Å². The monoisotopic (exact) mass is 323 g/mol. The quantitative estimate of drug-likeness (QED) is 0.916. The van der Waals surface area contributed by atoms with Crippen LogP contribution in [0.2, 0.25) is 0 Å². The Labute approximate surface area is 128 Å². The van der Waals surface area contributed by atoms with Crippen molar-refractivity contribution in [3.05, 3.63) is 30.2 Å². The fourth-order valence-corrected chi connectivity index (χ4v) is 3.00. The van der Waals surface area contributed by atoms with Crippen molar-refractivity contribution < 1.29 is 17.7 Å². The Morgan fingerprint density at radius 1 is 1.32 bits per heavy atom. The summed E-state index contributed by atoms with van der Waals surface area (Å²) < 4.78 is 33.5. The topological polar surface area (TPSA) is 108 Å². The number of aromatic nitrogens is 2. The molecule has 0 bridgehead atoms. The summed E-state index contributed by atoms with van der Waals surface area (Å²) in [5.74, 6) is 0.944. The number of rotatable bonds is 3. The summed E-state index contributed by atoms with van der Waals surface area (Å²) in [4.78, 5) is 4.48. The van der Waals surface area contributed by atoms with Crippen LogP contribution >= 0.6 is 0 Å². The summed E-state index contributed by atoms with van der Waals surface area (Å²) in [6.07, 6.45) is 0.825. The molecule has 118 valence electrons. The van der Waals surface area contributed by atoms with Gasteiger partial charge in [-0.25, -0.2) is 13.6 Å². The van der Waals surface area contributed by atoms with Crippen molar-refractivity contribution in [2.45, 2.75) is 36.7 Å². The summed E-state index contributed by atoms with van der Waals surface area (Å²) in [5.41, 5.74) is 0.365. The molecular weight excluding hydrogens is 306 g/mol. The maximum Gasteiger partial charge on any atom is 0.238 e. The molecule has 1 aliphatic rings. The maximum atomic E-state index is 11.3. The number of ether oxygens (including phenoxy) is 1. The van der Waals surface area contributed by atoms with Crippen molar-refractivity contribution in [3.8, 4) is 11.4 Å². The van der Waals surface area contributed by atoms with Gasteiger partial charge in [0.15, 0.2) is 0 Å². The highest BCUT2D eigenvalue weighted by atomic mass is 32.2. The molecule has 1 aromatic carbocycles. The van der Waals surface area contributed by atoms with E-state index in [-0.39, 0.29) is 16.4 Å². The first-order chi connectivity index (χ1) is 10.3. The van der Waals surface area contributed by atoms with E-state index >= 15 is 0 Å². The first-order valence-electron chi connectivity index (χ1n) is 6.90. The van der Waals surface area contributed by atoms with Crippen LogP contribution in [-0.2, 0) is 20.2 Å². The number of benzene rings is 1. The van der Waals surface area contributed by atoms with E-state index in [1.54, 1.807) is 12.1 Å². The Balaban J connectivity index is 1.91. The molecule has 2 aromatic rings.